The van der Waals surface area contributed by atoms with Gasteiger partial charge < -0.3 is 10.1 Å². The van der Waals surface area contributed by atoms with E-state index in [4.69, 9.17) is 4.74 Å². The Morgan fingerprint density at radius 3 is 2.58 bits per heavy atom. The van der Waals surface area contributed by atoms with Crippen molar-refractivity contribution in [3.63, 3.8) is 0 Å². The van der Waals surface area contributed by atoms with Crippen molar-refractivity contribution in [3.8, 4) is 0 Å². The van der Waals surface area contributed by atoms with Crippen molar-refractivity contribution in [2.24, 2.45) is 0 Å². The molecule has 1 unspecified atom stereocenters. The smallest absolute Gasteiger partial charge is 0.311 e. The fourth-order valence-electron chi connectivity index (χ4n) is 0.960. The highest BCUT2D eigenvalue weighted by Crippen LogP contribution is 2.11. The Balaban J connectivity index is 2.72. The van der Waals surface area contributed by atoms with Gasteiger partial charge in [0.2, 0.25) is 0 Å². The summed E-state index contributed by atoms with van der Waals surface area (Å²) in [5.74, 6) is 0. The van der Waals surface area contributed by atoms with Gasteiger partial charge in [0.1, 0.15) is 0 Å². The van der Waals surface area contributed by atoms with Crippen LogP contribution < -0.4 is 5.32 Å². The summed E-state index contributed by atoms with van der Waals surface area (Å²) in [6.45, 7) is 0. The third kappa shape index (κ3) is 2.07. The molecule has 0 heterocycles. The first kappa shape index (κ1) is 8.74. The summed E-state index contributed by atoms with van der Waals surface area (Å²) in [7, 11) is 1.53. The zero-order chi connectivity index (χ0) is 8.81. The van der Waals surface area contributed by atoms with Gasteiger partial charge in [-0.25, -0.2) is 0 Å². The van der Waals surface area contributed by atoms with Crippen molar-refractivity contribution in [1.29, 1.82) is 0 Å². The average molecular weight is 164 g/mol. The van der Waals surface area contributed by atoms with Crippen LogP contribution in [-0.4, -0.2) is 13.5 Å². The SMILES string of the molecule is COC(N[C]=O)c1ccccc1. The first-order chi connectivity index (χ1) is 5.88. The van der Waals surface area contributed by atoms with E-state index in [0.29, 0.717) is 0 Å². The molecular weight excluding hydrogens is 154 g/mol. The number of benzene rings is 1. The van der Waals surface area contributed by atoms with E-state index in [2.05, 4.69) is 5.32 Å². The average Bonchev–Trinajstić information content (AvgIpc) is 2.15. The summed E-state index contributed by atoms with van der Waals surface area (Å²) in [4.78, 5) is 10.0. The highest BCUT2D eigenvalue weighted by atomic mass is 16.5. The molecule has 0 saturated carbocycles. The fraction of sp³-hybridized carbons (Fsp3) is 0.222. The molecule has 1 rings (SSSR count). The van der Waals surface area contributed by atoms with E-state index in [1.165, 1.54) is 7.11 Å². The molecular formula is C9H10NO2. The molecule has 0 bridgehead atoms. The number of amides is 1. The molecule has 3 heteroatoms. The minimum absolute atomic E-state index is 0.399. The summed E-state index contributed by atoms with van der Waals surface area (Å²) in [6, 6.07) is 9.42. The van der Waals surface area contributed by atoms with Gasteiger partial charge in [0.05, 0.1) is 0 Å². The molecule has 3 nitrogen and oxygen atoms in total. The molecule has 0 spiro atoms. The van der Waals surface area contributed by atoms with Gasteiger partial charge >= 0.3 is 6.41 Å². The van der Waals surface area contributed by atoms with Crippen LogP contribution in [0.4, 0.5) is 0 Å². The molecule has 1 aromatic carbocycles. The zero-order valence-electron chi connectivity index (χ0n) is 6.78. The Hall–Kier alpha value is -1.35. The number of nitrogens with one attached hydrogen (secondary N) is 1. The summed E-state index contributed by atoms with van der Waals surface area (Å²) in [5, 5.41) is 2.42. The lowest BCUT2D eigenvalue weighted by molar-refractivity contribution is 0.0903. The lowest BCUT2D eigenvalue weighted by Gasteiger charge is -2.12. The molecule has 0 fully saturated rings. The molecule has 0 aromatic heterocycles. The largest absolute Gasteiger partial charge is 0.357 e. The molecule has 1 radical (unpaired) electrons. The topological polar surface area (TPSA) is 38.3 Å². The highest BCUT2D eigenvalue weighted by molar-refractivity contribution is 5.48. The van der Waals surface area contributed by atoms with E-state index >= 15 is 0 Å². The van der Waals surface area contributed by atoms with Gasteiger partial charge in [0.25, 0.3) is 0 Å². The Morgan fingerprint density at radius 2 is 2.08 bits per heavy atom. The summed E-state index contributed by atoms with van der Waals surface area (Å²) in [6.07, 6.45) is 1.19. The predicted molar refractivity (Wildman–Crippen MR) is 45.0 cm³/mol. The van der Waals surface area contributed by atoms with Crippen LogP contribution >= 0.6 is 0 Å². The maximum atomic E-state index is 10.0. The van der Waals surface area contributed by atoms with E-state index in [1.54, 1.807) is 6.41 Å². The predicted octanol–water partition coefficient (Wildman–Crippen LogP) is 0.988. The quantitative estimate of drug-likeness (QED) is 0.532. The monoisotopic (exact) mass is 164 g/mol. The summed E-state index contributed by atoms with van der Waals surface area (Å²) < 4.78 is 5.00. The van der Waals surface area contributed by atoms with Crippen LogP contribution in [0.3, 0.4) is 0 Å². The second kappa shape index (κ2) is 4.51. The molecule has 12 heavy (non-hydrogen) atoms. The Morgan fingerprint density at radius 1 is 1.42 bits per heavy atom. The molecule has 63 valence electrons. The van der Waals surface area contributed by atoms with Crippen LogP contribution in [0.25, 0.3) is 0 Å². The van der Waals surface area contributed by atoms with Crippen LogP contribution in [0.5, 0.6) is 0 Å². The lowest BCUT2D eigenvalue weighted by Crippen LogP contribution is -2.20. The van der Waals surface area contributed by atoms with Gasteiger partial charge in [-0.3, -0.25) is 4.79 Å². The van der Waals surface area contributed by atoms with Gasteiger partial charge in [-0.1, -0.05) is 30.3 Å². The number of rotatable bonds is 4. The van der Waals surface area contributed by atoms with Gasteiger partial charge in [-0.2, -0.15) is 0 Å². The van der Waals surface area contributed by atoms with Crippen molar-refractivity contribution in [2.75, 3.05) is 7.11 Å². The highest BCUT2D eigenvalue weighted by Gasteiger charge is 2.06. The van der Waals surface area contributed by atoms with Crippen molar-refractivity contribution < 1.29 is 9.53 Å². The molecule has 0 aliphatic carbocycles. The molecule has 1 N–H and O–H groups in total. The fourth-order valence-corrected chi connectivity index (χ4v) is 0.960. The van der Waals surface area contributed by atoms with E-state index in [-0.39, 0.29) is 0 Å². The van der Waals surface area contributed by atoms with Crippen molar-refractivity contribution in [2.45, 2.75) is 6.23 Å². The lowest BCUT2D eigenvalue weighted by atomic mass is 10.2. The van der Waals surface area contributed by atoms with Crippen molar-refractivity contribution in [1.82, 2.24) is 5.32 Å². The van der Waals surface area contributed by atoms with Crippen LogP contribution in [0.1, 0.15) is 11.8 Å². The maximum Gasteiger partial charge on any atom is 0.311 e. The molecule has 0 saturated heterocycles. The molecule has 0 aliphatic rings. The minimum Gasteiger partial charge on any atom is -0.357 e. The maximum absolute atomic E-state index is 10.0. The minimum atomic E-state index is -0.399. The van der Waals surface area contributed by atoms with E-state index in [9.17, 15) is 4.79 Å². The van der Waals surface area contributed by atoms with Crippen molar-refractivity contribution in [3.05, 3.63) is 35.9 Å². The number of hydrogen-bond donors (Lipinski definition) is 1. The normalized spacial score (nSPS) is 12.1. The third-order valence-corrected chi connectivity index (χ3v) is 1.53. The molecule has 1 aromatic rings. The third-order valence-electron chi connectivity index (χ3n) is 1.53. The first-order valence-corrected chi connectivity index (χ1v) is 3.59. The first-order valence-electron chi connectivity index (χ1n) is 3.59. The van der Waals surface area contributed by atoms with Gasteiger partial charge in [0, 0.05) is 12.7 Å². The second-order valence-corrected chi connectivity index (χ2v) is 2.27. The molecule has 1 amide bonds. The standard InChI is InChI=1S/C9H10NO2/c1-12-9(10-7-11)8-5-3-2-4-6-8/h2-6,9H,1H3,(H,10,11). The summed E-state index contributed by atoms with van der Waals surface area (Å²) in [5.41, 5.74) is 0.906. The van der Waals surface area contributed by atoms with E-state index < -0.39 is 6.23 Å². The van der Waals surface area contributed by atoms with Crippen LogP contribution in [0, 0.1) is 0 Å². The zero-order valence-corrected chi connectivity index (χ0v) is 6.78. The number of ether oxygens (including phenoxy) is 1. The van der Waals surface area contributed by atoms with Crippen LogP contribution in [0.2, 0.25) is 0 Å². The number of methoxy groups -OCH3 is 1. The number of hydrogen-bond acceptors (Lipinski definition) is 2. The Kier molecular flexibility index (Phi) is 3.29. The van der Waals surface area contributed by atoms with Gasteiger partial charge in [-0.05, 0) is 0 Å². The van der Waals surface area contributed by atoms with Crippen molar-refractivity contribution >= 4 is 6.41 Å². The van der Waals surface area contributed by atoms with Crippen LogP contribution in [-0.2, 0) is 9.53 Å². The van der Waals surface area contributed by atoms with Gasteiger partial charge in [-0.15, -0.1) is 0 Å². The Bertz CT molecular complexity index is 236. The summed E-state index contributed by atoms with van der Waals surface area (Å²) >= 11 is 0. The van der Waals surface area contributed by atoms with Crippen LogP contribution in [0.15, 0.2) is 30.3 Å². The second-order valence-electron chi connectivity index (χ2n) is 2.27. The Labute approximate surface area is 71.4 Å². The van der Waals surface area contributed by atoms with E-state index in [1.807, 2.05) is 30.3 Å². The van der Waals surface area contributed by atoms with E-state index in [0.717, 1.165) is 5.56 Å². The molecule has 0 aliphatic heterocycles. The van der Waals surface area contributed by atoms with Gasteiger partial charge in [0.15, 0.2) is 6.23 Å². The number of carbonyl (C=O) groups excluding carboxylic acids is 1. The molecule has 1 atom stereocenters.